The summed E-state index contributed by atoms with van der Waals surface area (Å²) in [5.41, 5.74) is 1.28. The van der Waals surface area contributed by atoms with Crippen LogP contribution < -0.4 is 10.6 Å². The number of halogens is 1. The van der Waals surface area contributed by atoms with Gasteiger partial charge in [0, 0.05) is 17.7 Å². The molecule has 2 N–H and O–H groups in total. The Bertz CT molecular complexity index is 408. The van der Waals surface area contributed by atoms with Crippen molar-refractivity contribution in [3.63, 3.8) is 0 Å². The summed E-state index contributed by atoms with van der Waals surface area (Å²) in [6.07, 6.45) is 1.28. The topological polar surface area (TPSA) is 58.2 Å². The van der Waals surface area contributed by atoms with Gasteiger partial charge in [0.2, 0.25) is 5.91 Å². The third kappa shape index (κ3) is 5.80. The van der Waals surface area contributed by atoms with Crippen molar-refractivity contribution in [2.24, 2.45) is 0 Å². The number of rotatable bonds is 6. The lowest BCUT2D eigenvalue weighted by molar-refractivity contribution is -0.116. The van der Waals surface area contributed by atoms with E-state index in [4.69, 9.17) is 0 Å². The van der Waals surface area contributed by atoms with Gasteiger partial charge in [-0.05, 0) is 39.1 Å². The predicted molar refractivity (Wildman–Crippen MR) is 75.5 cm³/mol. The number of ketones is 1. The highest BCUT2D eigenvalue weighted by Gasteiger charge is 2.04. The summed E-state index contributed by atoms with van der Waals surface area (Å²) in [6, 6.07) is 6.97. The molecule has 0 aromatic heterocycles. The Morgan fingerprint density at radius 3 is 2.61 bits per heavy atom. The van der Waals surface area contributed by atoms with Crippen molar-refractivity contribution >= 4 is 29.8 Å². The molecule has 0 aliphatic carbocycles. The van der Waals surface area contributed by atoms with E-state index in [9.17, 15) is 9.59 Å². The summed E-state index contributed by atoms with van der Waals surface area (Å²) >= 11 is 0. The SMILES string of the molecule is CNCCCC(=O)Nc1cccc(C(C)=O)c1.Cl. The van der Waals surface area contributed by atoms with Crippen molar-refractivity contribution in [2.45, 2.75) is 19.8 Å². The monoisotopic (exact) mass is 270 g/mol. The minimum absolute atomic E-state index is 0. The van der Waals surface area contributed by atoms with Gasteiger partial charge in [0.1, 0.15) is 0 Å². The van der Waals surface area contributed by atoms with E-state index in [-0.39, 0.29) is 24.1 Å². The van der Waals surface area contributed by atoms with Crippen LogP contribution in [0.4, 0.5) is 5.69 Å². The second-order valence-corrected chi connectivity index (χ2v) is 3.89. The second-order valence-electron chi connectivity index (χ2n) is 3.89. The highest BCUT2D eigenvalue weighted by molar-refractivity contribution is 5.97. The van der Waals surface area contributed by atoms with E-state index in [1.165, 1.54) is 6.92 Å². The molecule has 5 heteroatoms. The first kappa shape index (κ1) is 16.6. The van der Waals surface area contributed by atoms with E-state index in [0.717, 1.165) is 13.0 Å². The van der Waals surface area contributed by atoms with Crippen molar-refractivity contribution in [1.29, 1.82) is 0 Å². The molecule has 1 aromatic carbocycles. The molecule has 0 spiro atoms. The summed E-state index contributed by atoms with van der Waals surface area (Å²) in [4.78, 5) is 22.7. The smallest absolute Gasteiger partial charge is 0.224 e. The number of hydrogen-bond donors (Lipinski definition) is 2. The van der Waals surface area contributed by atoms with E-state index < -0.39 is 0 Å². The molecule has 0 heterocycles. The maximum atomic E-state index is 11.5. The Labute approximate surface area is 114 Å². The van der Waals surface area contributed by atoms with Crippen molar-refractivity contribution < 1.29 is 9.59 Å². The lowest BCUT2D eigenvalue weighted by Crippen LogP contribution is -2.15. The van der Waals surface area contributed by atoms with Gasteiger partial charge in [0.25, 0.3) is 0 Å². The molecular formula is C13H19ClN2O2. The first-order valence-corrected chi connectivity index (χ1v) is 5.69. The Morgan fingerprint density at radius 2 is 2.00 bits per heavy atom. The predicted octanol–water partition coefficient (Wildman–Crippen LogP) is 2.25. The molecule has 0 fully saturated rings. The standard InChI is InChI=1S/C13H18N2O2.ClH/c1-10(16)11-5-3-6-12(9-11)15-13(17)7-4-8-14-2;/h3,5-6,9,14H,4,7-8H2,1-2H3,(H,15,17);1H. The van der Waals surface area contributed by atoms with Gasteiger partial charge in [-0.25, -0.2) is 0 Å². The van der Waals surface area contributed by atoms with Crippen LogP contribution in [-0.4, -0.2) is 25.3 Å². The van der Waals surface area contributed by atoms with Crippen LogP contribution in [0, 0.1) is 0 Å². The third-order valence-corrected chi connectivity index (χ3v) is 2.38. The first-order valence-electron chi connectivity index (χ1n) is 5.69. The van der Waals surface area contributed by atoms with Gasteiger partial charge in [0.05, 0.1) is 0 Å². The highest BCUT2D eigenvalue weighted by atomic mass is 35.5. The number of anilines is 1. The Kier molecular flexibility index (Phi) is 8.00. The highest BCUT2D eigenvalue weighted by Crippen LogP contribution is 2.11. The van der Waals surface area contributed by atoms with Gasteiger partial charge in [-0.2, -0.15) is 0 Å². The van der Waals surface area contributed by atoms with Gasteiger partial charge in [0.15, 0.2) is 5.78 Å². The quantitative estimate of drug-likeness (QED) is 0.616. The van der Waals surface area contributed by atoms with Crippen molar-refractivity contribution in [3.05, 3.63) is 29.8 Å². The van der Waals surface area contributed by atoms with Gasteiger partial charge < -0.3 is 10.6 Å². The van der Waals surface area contributed by atoms with Crippen LogP contribution >= 0.6 is 12.4 Å². The van der Waals surface area contributed by atoms with Crippen LogP contribution in [0.5, 0.6) is 0 Å². The number of amides is 1. The zero-order chi connectivity index (χ0) is 12.7. The lowest BCUT2D eigenvalue weighted by atomic mass is 10.1. The fourth-order valence-electron chi connectivity index (χ4n) is 1.47. The molecular weight excluding hydrogens is 252 g/mol. The fourth-order valence-corrected chi connectivity index (χ4v) is 1.47. The first-order chi connectivity index (χ1) is 8.13. The minimum atomic E-state index is -0.0269. The summed E-state index contributed by atoms with van der Waals surface area (Å²) in [6.45, 7) is 2.33. The number of carbonyl (C=O) groups excluding carboxylic acids is 2. The van der Waals surface area contributed by atoms with E-state index >= 15 is 0 Å². The van der Waals surface area contributed by atoms with E-state index in [0.29, 0.717) is 17.7 Å². The zero-order valence-corrected chi connectivity index (χ0v) is 11.5. The maximum absolute atomic E-state index is 11.5. The number of carbonyl (C=O) groups is 2. The average Bonchev–Trinajstić information content (AvgIpc) is 2.29. The Morgan fingerprint density at radius 1 is 1.28 bits per heavy atom. The van der Waals surface area contributed by atoms with Crippen LogP contribution in [0.25, 0.3) is 0 Å². The van der Waals surface area contributed by atoms with Gasteiger partial charge in [-0.15, -0.1) is 12.4 Å². The molecule has 0 bridgehead atoms. The maximum Gasteiger partial charge on any atom is 0.224 e. The van der Waals surface area contributed by atoms with Crippen LogP contribution in [0.3, 0.4) is 0 Å². The average molecular weight is 271 g/mol. The third-order valence-electron chi connectivity index (χ3n) is 2.38. The molecule has 0 aliphatic rings. The molecule has 0 aliphatic heterocycles. The minimum Gasteiger partial charge on any atom is -0.326 e. The van der Waals surface area contributed by atoms with Crippen molar-refractivity contribution in [1.82, 2.24) is 5.32 Å². The molecule has 100 valence electrons. The lowest BCUT2D eigenvalue weighted by Gasteiger charge is -2.06. The molecule has 4 nitrogen and oxygen atoms in total. The molecule has 0 atom stereocenters. The number of nitrogens with one attached hydrogen (secondary N) is 2. The Balaban J connectivity index is 0.00000289. The zero-order valence-electron chi connectivity index (χ0n) is 10.7. The second kappa shape index (κ2) is 8.66. The van der Waals surface area contributed by atoms with Crippen molar-refractivity contribution in [3.8, 4) is 0 Å². The molecule has 0 saturated carbocycles. The number of Topliss-reactive ketones (excluding diaryl/α,β-unsaturated/α-hetero) is 1. The van der Waals surface area contributed by atoms with Crippen LogP contribution in [0.1, 0.15) is 30.1 Å². The molecule has 1 amide bonds. The van der Waals surface area contributed by atoms with Gasteiger partial charge in [-0.3, -0.25) is 9.59 Å². The molecule has 1 aromatic rings. The molecule has 18 heavy (non-hydrogen) atoms. The molecule has 1 rings (SSSR count). The van der Waals surface area contributed by atoms with Gasteiger partial charge >= 0.3 is 0 Å². The van der Waals surface area contributed by atoms with E-state index in [1.807, 2.05) is 7.05 Å². The fraction of sp³-hybridized carbons (Fsp3) is 0.385. The number of benzene rings is 1. The normalized spacial score (nSPS) is 9.44. The van der Waals surface area contributed by atoms with E-state index in [2.05, 4.69) is 10.6 Å². The van der Waals surface area contributed by atoms with Crippen molar-refractivity contribution in [2.75, 3.05) is 18.9 Å². The van der Waals surface area contributed by atoms with E-state index in [1.54, 1.807) is 24.3 Å². The van der Waals surface area contributed by atoms with Crippen LogP contribution in [0.15, 0.2) is 24.3 Å². The molecule has 0 radical (unpaired) electrons. The van der Waals surface area contributed by atoms with Gasteiger partial charge in [-0.1, -0.05) is 12.1 Å². The summed E-state index contributed by atoms with van der Waals surface area (Å²) < 4.78 is 0. The summed E-state index contributed by atoms with van der Waals surface area (Å²) in [7, 11) is 1.86. The van der Waals surface area contributed by atoms with Crippen LogP contribution in [0.2, 0.25) is 0 Å². The molecule has 0 unspecified atom stereocenters. The number of hydrogen-bond acceptors (Lipinski definition) is 3. The Hall–Kier alpha value is -1.39. The summed E-state index contributed by atoms with van der Waals surface area (Å²) in [5.74, 6) is -0.0303. The largest absolute Gasteiger partial charge is 0.326 e. The summed E-state index contributed by atoms with van der Waals surface area (Å²) in [5, 5.41) is 5.76. The van der Waals surface area contributed by atoms with Crippen LogP contribution in [-0.2, 0) is 4.79 Å². The molecule has 0 saturated heterocycles.